The van der Waals surface area contributed by atoms with Crippen molar-refractivity contribution in [3.63, 3.8) is 0 Å². The molecule has 0 bridgehead atoms. The standard InChI is InChI=1S/C25H40N6O5S/c1-25(6-7-25)36-24(32)30-11-4-21(5-12-30)20-35-23-19-26-22(18-27-23)29-13-15-31(16-14-29)37(33,34)17-3-10-28-8-2-9-28/h18-19,21H,2-17,20H2,1H3. The highest BCUT2D eigenvalue weighted by Crippen LogP contribution is 2.39. The van der Waals surface area contributed by atoms with Crippen LogP contribution in [0.4, 0.5) is 10.6 Å². The Morgan fingerprint density at radius 2 is 1.76 bits per heavy atom. The average molecular weight is 537 g/mol. The molecule has 4 aliphatic rings. The van der Waals surface area contributed by atoms with Gasteiger partial charge in [-0.05, 0) is 71.0 Å². The number of hydrogen-bond donors (Lipinski definition) is 0. The van der Waals surface area contributed by atoms with Gasteiger partial charge in [-0.3, -0.25) is 0 Å². The zero-order chi connectivity index (χ0) is 25.9. The van der Waals surface area contributed by atoms with Crippen LogP contribution in [0, 0.1) is 5.92 Å². The number of aromatic nitrogens is 2. The van der Waals surface area contributed by atoms with Crippen LogP contribution in [0.3, 0.4) is 0 Å². The van der Waals surface area contributed by atoms with Crippen molar-refractivity contribution < 1.29 is 22.7 Å². The number of carbonyl (C=O) groups is 1. The molecular weight excluding hydrogens is 496 g/mol. The summed E-state index contributed by atoms with van der Waals surface area (Å²) in [5, 5.41) is 0. The highest BCUT2D eigenvalue weighted by atomic mass is 32.2. The molecule has 206 valence electrons. The molecule has 3 aliphatic heterocycles. The van der Waals surface area contributed by atoms with Crippen LogP contribution in [0.15, 0.2) is 12.4 Å². The van der Waals surface area contributed by atoms with Gasteiger partial charge in [0.1, 0.15) is 11.4 Å². The largest absolute Gasteiger partial charge is 0.476 e. The van der Waals surface area contributed by atoms with E-state index >= 15 is 0 Å². The number of piperidine rings is 1. The molecule has 1 aromatic heterocycles. The molecule has 1 saturated carbocycles. The number of hydrogen-bond acceptors (Lipinski definition) is 9. The van der Waals surface area contributed by atoms with Gasteiger partial charge in [-0.1, -0.05) is 0 Å². The van der Waals surface area contributed by atoms with Gasteiger partial charge < -0.3 is 24.2 Å². The zero-order valence-corrected chi connectivity index (χ0v) is 22.7. The number of likely N-dealkylation sites (tertiary alicyclic amines) is 2. The van der Waals surface area contributed by atoms with E-state index in [2.05, 4.69) is 19.8 Å². The van der Waals surface area contributed by atoms with E-state index in [9.17, 15) is 13.2 Å². The summed E-state index contributed by atoms with van der Waals surface area (Å²) in [4.78, 5) is 27.4. The molecule has 37 heavy (non-hydrogen) atoms. The lowest BCUT2D eigenvalue weighted by Crippen LogP contribution is -2.49. The van der Waals surface area contributed by atoms with Gasteiger partial charge in [0, 0.05) is 39.3 Å². The van der Waals surface area contributed by atoms with Gasteiger partial charge in [0.05, 0.1) is 24.8 Å². The monoisotopic (exact) mass is 536 g/mol. The van der Waals surface area contributed by atoms with Crippen LogP contribution in [0.25, 0.3) is 0 Å². The van der Waals surface area contributed by atoms with Gasteiger partial charge in [-0.15, -0.1) is 0 Å². The topological polar surface area (TPSA) is 108 Å². The quantitative estimate of drug-likeness (QED) is 0.442. The van der Waals surface area contributed by atoms with Crippen molar-refractivity contribution in [3.8, 4) is 5.88 Å². The van der Waals surface area contributed by atoms with Crippen LogP contribution >= 0.6 is 0 Å². The van der Waals surface area contributed by atoms with Gasteiger partial charge in [0.15, 0.2) is 0 Å². The fraction of sp³-hybridized carbons (Fsp3) is 0.800. The van der Waals surface area contributed by atoms with Crippen LogP contribution in [0.1, 0.15) is 45.4 Å². The maximum atomic E-state index is 12.7. The van der Waals surface area contributed by atoms with Gasteiger partial charge in [0.25, 0.3) is 0 Å². The van der Waals surface area contributed by atoms with Crippen molar-refractivity contribution in [1.82, 2.24) is 24.1 Å². The van der Waals surface area contributed by atoms with Gasteiger partial charge in [-0.25, -0.2) is 23.2 Å². The lowest BCUT2D eigenvalue weighted by molar-refractivity contribution is 0.0454. The van der Waals surface area contributed by atoms with Crippen molar-refractivity contribution in [1.29, 1.82) is 0 Å². The minimum atomic E-state index is -3.21. The van der Waals surface area contributed by atoms with Crippen molar-refractivity contribution >= 4 is 21.9 Å². The van der Waals surface area contributed by atoms with E-state index in [0.717, 1.165) is 51.1 Å². The highest BCUT2D eigenvalue weighted by molar-refractivity contribution is 7.89. The van der Waals surface area contributed by atoms with Crippen LogP contribution in [-0.2, 0) is 14.8 Å². The molecule has 12 heteroatoms. The molecule has 0 unspecified atom stereocenters. The first-order valence-corrected chi connectivity index (χ1v) is 15.3. The number of anilines is 1. The predicted octanol–water partition coefficient (Wildman–Crippen LogP) is 1.80. The fourth-order valence-corrected chi connectivity index (χ4v) is 6.46. The van der Waals surface area contributed by atoms with Crippen LogP contribution in [0.5, 0.6) is 5.88 Å². The van der Waals surface area contributed by atoms with Crippen LogP contribution < -0.4 is 9.64 Å². The molecule has 1 aliphatic carbocycles. The summed E-state index contributed by atoms with van der Waals surface area (Å²) in [6.07, 6.45) is 8.73. The summed E-state index contributed by atoms with van der Waals surface area (Å²) < 4.78 is 38.4. The van der Waals surface area contributed by atoms with Gasteiger partial charge >= 0.3 is 6.09 Å². The molecule has 0 radical (unpaired) electrons. The lowest BCUT2D eigenvalue weighted by atomic mass is 9.98. The number of ether oxygens (including phenoxy) is 2. The minimum absolute atomic E-state index is 0.193. The van der Waals surface area contributed by atoms with E-state index in [4.69, 9.17) is 9.47 Å². The van der Waals surface area contributed by atoms with E-state index in [1.165, 1.54) is 6.42 Å². The summed E-state index contributed by atoms with van der Waals surface area (Å²) in [5.41, 5.74) is -0.236. The Morgan fingerprint density at radius 1 is 1.03 bits per heavy atom. The van der Waals surface area contributed by atoms with Crippen LogP contribution in [-0.4, -0.2) is 115 Å². The Kier molecular flexibility index (Phi) is 8.06. The number of amides is 1. The van der Waals surface area contributed by atoms with Gasteiger partial charge in [0.2, 0.25) is 15.9 Å². The number of piperazine rings is 1. The third-order valence-corrected chi connectivity index (χ3v) is 9.98. The molecule has 0 atom stereocenters. The van der Waals surface area contributed by atoms with Crippen LogP contribution in [0.2, 0.25) is 0 Å². The third-order valence-electron chi connectivity index (χ3n) is 8.02. The molecule has 0 spiro atoms. The summed E-state index contributed by atoms with van der Waals surface area (Å²) in [6, 6.07) is 0. The molecule has 0 N–H and O–H groups in total. The molecule has 1 amide bonds. The molecule has 0 aromatic carbocycles. The first kappa shape index (κ1) is 26.4. The lowest BCUT2D eigenvalue weighted by Gasteiger charge is -2.35. The Labute approximate surface area is 220 Å². The Balaban J connectivity index is 1.00. The van der Waals surface area contributed by atoms with E-state index in [1.54, 1.807) is 21.6 Å². The number of nitrogens with zero attached hydrogens (tertiary/aromatic N) is 6. The summed E-state index contributed by atoms with van der Waals surface area (Å²) in [6.45, 7) is 9.11. The first-order valence-electron chi connectivity index (χ1n) is 13.7. The molecular formula is C25H40N6O5S. The molecule has 4 heterocycles. The summed E-state index contributed by atoms with van der Waals surface area (Å²) in [7, 11) is -3.21. The second-order valence-corrected chi connectivity index (χ2v) is 13.1. The second-order valence-electron chi connectivity index (χ2n) is 11.0. The van der Waals surface area contributed by atoms with Gasteiger partial charge in [-0.2, -0.15) is 4.31 Å². The minimum Gasteiger partial charge on any atom is -0.476 e. The van der Waals surface area contributed by atoms with E-state index in [-0.39, 0.29) is 17.4 Å². The van der Waals surface area contributed by atoms with Crippen molar-refractivity contribution in [2.24, 2.45) is 5.92 Å². The second kappa shape index (κ2) is 11.3. The smallest absolute Gasteiger partial charge is 0.410 e. The number of rotatable bonds is 10. The normalized spacial score (nSPS) is 22.9. The molecule has 3 saturated heterocycles. The van der Waals surface area contributed by atoms with Crippen molar-refractivity contribution in [3.05, 3.63) is 12.4 Å². The van der Waals surface area contributed by atoms with E-state index < -0.39 is 10.0 Å². The number of carbonyl (C=O) groups excluding carboxylic acids is 1. The van der Waals surface area contributed by atoms with Crippen molar-refractivity contribution in [2.45, 2.75) is 51.0 Å². The highest BCUT2D eigenvalue weighted by Gasteiger charge is 2.43. The predicted molar refractivity (Wildman–Crippen MR) is 139 cm³/mol. The fourth-order valence-electron chi connectivity index (χ4n) is 4.99. The Bertz CT molecular complexity index is 1010. The molecule has 1 aromatic rings. The Hall–Kier alpha value is -2.18. The van der Waals surface area contributed by atoms with E-state index in [0.29, 0.717) is 64.1 Å². The maximum Gasteiger partial charge on any atom is 0.410 e. The van der Waals surface area contributed by atoms with Crippen molar-refractivity contribution in [2.75, 3.05) is 76.2 Å². The molecule has 4 fully saturated rings. The Morgan fingerprint density at radius 3 is 2.35 bits per heavy atom. The van der Waals surface area contributed by atoms with E-state index in [1.807, 2.05) is 6.92 Å². The number of sulfonamides is 1. The summed E-state index contributed by atoms with van der Waals surface area (Å²) in [5.74, 6) is 1.80. The molecule has 5 rings (SSSR count). The summed E-state index contributed by atoms with van der Waals surface area (Å²) >= 11 is 0. The first-order chi connectivity index (χ1) is 17.8. The third kappa shape index (κ3) is 7.02. The average Bonchev–Trinajstić information content (AvgIpc) is 3.61. The maximum absolute atomic E-state index is 12.7. The SMILES string of the molecule is CC1(OC(=O)N2CCC(COc3cnc(N4CCN(S(=O)(=O)CCCN5CCC5)CC4)cn3)CC2)CC1. The molecule has 11 nitrogen and oxygen atoms in total. The zero-order valence-electron chi connectivity index (χ0n) is 21.9.